The first kappa shape index (κ1) is 15.5. The van der Waals surface area contributed by atoms with Crippen LogP contribution in [0.5, 0.6) is 5.75 Å². The van der Waals surface area contributed by atoms with Crippen LogP contribution in [0.1, 0.15) is 27.2 Å². The normalized spacial score (nSPS) is 23.2. The zero-order valence-corrected chi connectivity index (χ0v) is 13.6. The van der Waals surface area contributed by atoms with Crippen molar-refractivity contribution in [2.75, 3.05) is 25.1 Å². The van der Waals surface area contributed by atoms with Crippen molar-refractivity contribution in [2.45, 2.75) is 39.3 Å². The first-order valence-corrected chi connectivity index (χ1v) is 7.78. The second-order valence-electron chi connectivity index (χ2n) is 5.79. The summed E-state index contributed by atoms with van der Waals surface area (Å²) in [5.41, 5.74) is 1.11. The molecule has 1 heterocycles. The highest BCUT2D eigenvalue weighted by Gasteiger charge is 2.30. The molecule has 0 spiro atoms. The van der Waals surface area contributed by atoms with Crippen molar-refractivity contribution in [3.8, 4) is 5.75 Å². The second kappa shape index (κ2) is 6.68. The molecule has 1 aliphatic rings. The topological polar surface area (TPSA) is 24.5 Å². The number of hydrogen-bond acceptors (Lipinski definition) is 3. The minimum absolute atomic E-state index is 0.463. The lowest BCUT2D eigenvalue weighted by Crippen LogP contribution is -2.58. The first-order valence-electron chi connectivity index (χ1n) is 7.40. The largest absolute Gasteiger partial charge is 0.495 e. The van der Waals surface area contributed by atoms with Crippen LogP contribution in [0.25, 0.3) is 0 Å². The van der Waals surface area contributed by atoms with Crippen molar-refractivity contribution >= 4 is 17.3 Å². The molecule has 1 aromatic rings. The van der Waals surface area contributed by atoms with Gasteiger partial charge in [-0.25, -0.2) is 0 Å². The molecule has 0 radical (unpaired) electrons. The lowest BCUT2D eigenvalue weighted by atomic mass is 9.96. The molecule has 0 aliphatic carbocycles. The Bertz CT molecular complexity index is 450. The molecule has 1 fully saturated rings. The van der Waals surface area contributed by atoms with Gasteiger partial charge in [0.25, 0.3) is 0 Å². The average molecular weight is 297 g/mol. The lowest BCUT2D eigenvalue weighted by molar-refractivity contribution is 0.329. The molecule has 1 saturated heterocycles. The van der Waals surface area contributed by atoms with Gasteiger partial charge in [0, 0.05) is 30.2 Å². The van der Waals surface area contributed by atoms with Crippen LogP contribution in [-0.4, -0.2) is 32.3 Å². The SMILES string of the molecule is CCC1CN(c2cc(Cl)ccc2OC)C(C(C)C)CN1. The number of rotatable bonds is 4. The van der Waals surface area contributed by atoms with E-state index in [0.29, 0.717) is 18.0 Å². The molecule has 1 aromatic carbocycles. The van der Waals surface area contributed by atoms with E-state index in [9.17, 15) is 0 Å². The smallest absolute Gasteiger partial charge is 0.142 e. The highest BCUT2D eigenvalue weighted by Crippen LogP contribution is 2.35. The van der Waals surface area contributed by atoms with Crippen molar-refractivity contribution in [3.05, 3.63) is 23.2 Å². The molecule has 112 valence electrons. The van der Waals surface area contributed by atoms with Crippen LogP contribution < -0.4 is 15.0 Å². The van der Waals surface area contributed by atoms with Crippen LogP contribution in [-0.2, 0) is 0 Å². The van der Waals surface area contributed by atoms with E-state index in [-0.39, 0.29) is 0 Å². The molecule has 1 aliphatic heterocycles. The summed E-state index contributed by atoms with van der Waals surface area (Å²) in [5, 5.41) is 4.40. The van der Waals surface area contributed by atoms with E-state index in [4.69, 9.17) is 16.3 Å². The van der Waals surface area contributed by atoms with Gasteiger partial charge in [0.05, 0.1) is 12.8 Å². The third-order valence-corrected chi connectivity index (χ3v) is 4.38. The number of hydrogen-bond donors (Lipinski definition) is 1. The number of methoxy groups -OCH3 is 1. The summed E-state index contributed by atoms with van der Waals surface area (Å²) in [5.74, 6) is 1.47. The van der Waals surface area contributed by atoms with Crippen molar-refractivity contribution in [3.63, 3.8) is 0 Å². The highest BCUT2D eigenvalue weighted by atomic mass is 35.5. The maximum atomic E-state index is 6.19. The number of piperazine rings is 1. The van der Waals surface area contributed by atoms with Crippen LogP contribution in [0, 0.1) is 5.92 Å². The van der Waals surface area contributed by atoms with Crippen LogP contribution in [0.4, 0.5) is 5.69 Å². The number of halogens is 1. The third-order valence-electron chi connectivity index (χ3n) is 4.15. The fourth-order valence-electron chi connectivity index (χ4n) is 2.87. The predicted octanol–water partition coefficient (Wildman–Crippen LogP) is 3.56. The maximum absolute atomic E-state index is 6.19. The summed E-state index contributed by atoms with van der Waals surface area (Å²) < 4.78 is 5.53. The number of benzene rings is 1. The maximum Gasteiger partial charge on any atom is 0.142 e. The zero-order valence-electron chi connectivity index (χ0n) is 12.8. The van der Waals surface area contributed by atoms with Crippen LogP contribution in [0.15, 0.2) is 18.2 Å². The van der Waals surface area contributed by atoms with Gasteiger partial charge in [0.1, 0.15) is 5.75 Å². The molecule has 3 nitrogen and oxygen atoms in total. The van der Waals surface area contributed by atoms with Crippen molar-refractivity contribution in [1.82, 2.24) is 5.32 Å². The Kier molecular flexibility index (Phi) is 5.17. The summed E-state index contributed by atoms with van der Waals surface area (Å²) >= 11 is 6.19. The minimum atomic E-state index is 0.463. The van der Waals surface area contributed by atoms with Crippen molar-refractivity contribution in [2.24, 2.45) is 5.92 Å². The number of ether oxygens (including phenoxy) is 1. The molecule has 4 heteroatoms. The van der Waals surface area contributed by atoms with Gasteiger partial charge in [-0.1, -0.05) is 32.4 Å². The van der Waals surface area contributed by atoms with Gasteiger partial charge in [-0.3, -0.25) is 0 Å². The van der Waals surface area contributed by atoms with E-state index in [0.717, 1.165) is 36.0 Å². The van der Waals surface area contributed by atoms with Gasteiger partial charge in [-0.15, -0.1) is 0 Å². The Morgan fingerprint density at radius 3 is 2.80 bits per heavy atom. The fourth-order valence-corrected chi connectivity index (χ4v) is 3.03. The summed E-state index contributed by atoms with van der Waals surface area (Å²) in [6.07, 6.45) is 1.13. The van der Waals surface area contributed by atoms with Gasteiger partial charge in [0.15, 0.2) is 0 Å². The Balaban J connectivity index is 2.36. The zero-order chi connectivity index (χ0) is 14.7. The lowest BCUT2D eigenvalue weighted by Gasteiger charge is -2.44. The Morgan fingerprint density at radius 1 is 1.45 bits per heavy atom. The predicted molar refractivity (Wildman–Crippen MR) is 86.1 cm³/mol. The highest BCUT2D eigenvalue weighted by molar-refractivity contribution is 6.30. The molecule has 0 amide bonds. The Labute approximate surface area is 127 Å². The molecular formula is C16H25ClN2O. The fraction of sp³-hybridized carbons (Fsp3) is 0.625. The molecule has 2 rings (SSSR count). The second-order valence-corrected chi connectivity index (χ2v) is 6.23. The summed E-state index contributed by atoms with van der Waals surface area (Å²) in [6, 6.07) is 6.85. The third kappa shape index (κ3) is 3.21. The van der Waals surface area contributed by atoms with Crippen molar-refractivity contribution < 1.29 is 4.74 Å². The summed E-state index contributed by atoms with van der Waals surface area (Å²) in [6.45, 7) is 8.76. The number of anilines is 1. The van der Waals surface area contributed by atoms with E-state index in [1.807, 2.05) is 18.2 Å². The van der Waals surface area contributed by atoms with Gasteiger partial charge in [-0.05, 0) is 30.5 Å². The van der Waals surface area contributed by atoms with Gasteiger partial charge in [0.2, 0.25) is 0 Å². The van der Waals surface area contributed by atoms with E-state index in [1.165, 1.54) is 0 Å². The minimum Gasteiger partial charge on any atom is -0.495 e. The van der Waals surface area contributed by atoms with Gasteiger partial charge in [-0.2, -0.15) is 0 Å². The summed E-state index contributed by atoms with van der Waals surface area (Å²) in [7, 11) is 1.72. The Hall–Kier alpha value is -0.930. The van der Waals surface area contributed by atoms with Crippen LogP contribution >= 0.6 is 11.6 Å². The molecule has 20 heavy (non-hydrogen) atoms. The van der Waals surface area contributed by atoms with Crippen LogP contribution in [0.3, 0.4) is 0 Å². The molecular weight excluding hydrogens is 272 g/mol. The van der Waals surface area contributed by atoms with E-state index in [2.05, 4.69) is 31.0 Å². The molecule has 1 N–H and O–H groups in total. The van der Waals surface area contributed by atoms with Gasteiger partial charge < -0.3 is 15.0 Å². The first-order chi connectivity index (χ1) is 9.56. The molecule has 0 saturated carbocycles. The monoisotopic (exact) mass is 296 g/mol. The molecule has 2 atom stereocenters. The quantitative estimate of drug-likeness (QED) is 0.919. The van der Waals surface area contributed by atoms with Gasteiger partial charge >= 0.3 is 0 Å². The van der Waals surface area contributed by atoms with E-state index >= 15 is 0 Å². The van der Waals surface area contributed by atoms with E-state index in [1.54, 1.807) is 7.11 Å². The standard InChI is InChI=1S/C16H25ClN2O/c1-5-13-10-19(15(9-18-13)11(2)3)14-8-12(17)6-7-16(14)20-4/h6-8,11,13,15,18H,5,9-10H2,1-4H3. The molecule has 2 unspecified atom stereocenters. The summed E-state index contributed by atoms with van der Waals surface area (Å²) in [4.78, 5) is 2.46. The molecule has 0 bridgehead atoms. The van der Waals surface area contributed by atoms with E-state index < -0.39 is 0 Å². The van der Waals surface area contributed by atoms with Crippen LogP contribution in [0.2, 0.25) is 5.02 Å². The number of nitrogens with one attached hydrogen (secondary N) is 1. The average Bonchev–Trinajstić information content (AvgIpc) is 2.46. The Morgan fingerprint density at radius 2 is 2.20 bits per heavy atom. The molecule has 0 aromatic heterocycles. The number of nitrogens with zero attached hydrogens (tertiary/aromatic N) is 1. The van der Waals surface area contributed by atoms with Crippen molar-refractivity contribution in [1.29, 1.82) is 0 Å².